The minimum absolute atomic E-state index is 0.299. The minimum atomic E-state index is 0.299. The molecule has 0 heterocycles. The highest BCUT2D eigenvalue weighted by Gasteiger charge is 2.08. The number of nitrogens with one attached hydrogen (secondary N) is 1. The lowest BCUT2D eigenvalue weighted by molar-refractivity contribution is 0.249. The van der Waals surface area contributed by atoms with Crippen molar-refractivity contribution in [3.8, 4) is 0 Å². The Kier molecular flexibility index (Phi) is 6.90. The molecule has 96 valence electrons. The SMILES string of the molecule is CCC(CCO)CNC(C)Cc1ccccc1. The summed E-state index contributed by atoms with van der Waals surface area (Å²) >= 11 is 0. The van der Waals surface area contributed by atoms with Crippen molar-refractivity contribution in [1.29, 1.82) is 0 Å². The van der Waals surface area contributed by atoms with Crippen molar-refractivity contribution in [1.82, 2.24) is 5.32 Å². The molecule has 2 N–H and O–H groups in total. The highest BCUT2D eigenvalue weighted by molar-refractivity contribution is 5.15. The van der Waals surface area contributed by atoms with E-state index in [2.05, 4.69) is 49.5 Å². The summed E-state index contributed by atoms with van der Waals surface area (Å²) in [5, 5.41) is 12.5. The van der Waals surface area contributed by atoms with Crippen molar-refractivity contribution in [2.75, 3.05) is 13.2 Å². The molecule has 2 heteroatoms. The van der Waals surface area contributed by atoms with Crippen LogP contribution < -0.4 is 5.32 Å². The summed E-state index contributed by atoms with van der Waals surface area (Å²) in [7, 11) is 0. The maximum atomic E-state index is 8.94. The van der Waals surface area contributed by atoms with Gasteiger partial charge in [0.1, 0.15) is 0 Å². The Hall–Kier alpha value is -0.860. The molecule has 2 atom stereocenters. The summed E-state index contributed by atoms with van der Waals surface area (Å²) < 4.78 is 0. The highest BCUT2D eigenvalue weighted by atomic mass is 16.3. The summed E-state index contributed by atoms with van der Waals surface area (Å²) in [5.41, 5.74) is 1.38. The molecular formula is C15H25NO. The van der Waals surface area contributed by atoms with Crippen LogP contribution in [0.5, 0.6) is 0 Å². The molecule has 0 aliphatic carbocycles. The molecule has 1 aromatic carbocycles. The van der Waals surface area contributed by atoms with E-state index in [9.17, 15) is 0 Å². The van der Waals surface area contributed by atoms with Crippen LogP contribution in [-0.4, -0.2) is 24.3 Å². The predicted octanol–water partition coefficient (Wildman–Crippen LogP) is 2.62. The highest BCUT2D eigenvalue weighted by Crippen LogP contribution is 2.07. The molecule has 0 saturated carbocycles. The smallest absolute Gasteiger partial charge is 0.0434 e. The monoisotopic (exact) mass is 235 g/mol. The molecule has 17 heavy (non-hydrogen) atoms. The molecule has 0 aliphatic heterocycles. The number of aliphatic hydroxyl groups excluding tert-OH is 1. The van der Waals surface area contributed by atoms with Crippen LogP contribution in [0.2, 0.25) is 0 Å². The zero-order valence-corrected chi connectivity index (χ0v) is 11.0. The summed E-state index contributed by atoms with van der Waals surface area (Å²) in [6.45, 7) is 5.71. The van der Waals surface area contributed by atoms with Crippen molar-refractivity contribution >= 4 is 0 Å². The fourth-order valence-electron chi connectivity index (χ4n) is 2.04. The van der Waals surface area contributed by atoms with Crippen molar-refractivity contribution in [2.24, 2.45) is 5.92 Å². The van der Waals surface area contributed by atoms with Gasteiger partial charge in [-0.05, 0) is 37.8 Å². The predicted molar refractivity (Wildman–Crippen MR) is 73.1 cm³/mol. The zero-order chi connectivity index (χ0) is 12.5. The Bertz CT molecular complexity index is 286. The largest absolute Gasteiger partial charge is 0.396 e. The lowest BCUT2D eigenvalue weighted by Crippen LogP contribution is -2.32. The molecule has 0 amide bonds. The maximum Gasteiger partial charge on any atom is 0.0434 e. The average Bonchev–Trinajstić information content (AvgIpc) is 2.35. The molecule has 0 radical (unpaired) electrons. The lowest BCUT2D eigenvalue weighted by atomic mass is 10.0. The van der Waals surface area contributed by atoms with Crippen LogP contribution in [0, 0.1) is 5.92 Å². The van der Waals surface area contributed by atoms with Gasteiger partial charge in [0.25, 0.3) is 0 Å². The number of benzene rings is 1. The van der Waals surface area contributed by atoms with Crippen LogP contribution in [-0.2, 0) is 6.42 Å². The van der Waals surface area contributed by atoms with Gasteiger partial charge < -0.3 is 10.4 Å². The fourth-order valence-corrected chi connectivity index (χ4v) is 2.04. The summed E-state index contributed by atoms with van der Waals surface area (Å²) in [5.74, 6) is 0.596. The van der Waals surface area contributed by atoms with E-state index in [1.54, 1.807) is 0 Å². The molecular weight excluding hydrogens is 210 g/mol. The van der Waals surface area contributed by atoms with Gasteiger partial charge in [-0.1, -0.05) is 43.7 Å². The third-order valence-corrected chi connectivity index (χ3v) is 3.25. The average molecular weight is 235 g/mol. The van der Waals surface area contributed by atoms with E-state index in [1.165, 1.54) is 5.56 Å². The van der Waals surface area contributed by atoms with E-state index in [-0.39, 0.29) is 0 Å². The summed E-state index contributed by atoms with van der Waals surface area (Å²) in [4.78, 5) is 0. The van der Waals surface area contributed by atoms with Crippen molar-refractivity contribution in [3.63, 3.8) is 0 Å². The van der Waals surface area contributed by atoms with Crippen molar-refractivity contribution < 1.29 is 5.11 Å². The molecule has 1 aromatic rings. The Labute approximate surface area is 105 Å². The van der Waals surface area contributed by atoms with E-state index in [0.717, 1.165) is 25.8 Å². The third-order valence-electron chi connectivity index (χ3n) is 3.25. The van der Waals surface area contributed by atoms with E-state index in [0.29, 0.717) is 18.6 Å². The number of hydrogen-bond acceptors (Lipinski definition) is 2. The third kappa shape index (κ3) is 5.85. The molecule has 0 saturated heterocycles. The van der Waals surface area contributed by atoms with Gasteiger partial charge in [0.15, 0.2) is 0 Å². The lowest BCUT2D eigenvalue weighted by Gasteiger charge is -2.19. The quantitative estimate of drug-likeness (QED) is 0.726. The molecule has 0 fully saturated rings. The normalized spacial score (nSPS) is 14.5. The van der Waals surface area contributed by atoms with Crippen molar-refractivity contribution in [3.05, 3.63) is 35.9 Å². The van der Waals surface area contributed by atoms with Crippen LogP contribution in [0.1, 0.15) is 32.3 Å². The van der Waals surface area contributed by atoms with Crippen LogP contribution in [0.3, 0.4) is 0 Å². The van der Waals surface area contributed by atoms with Gasteiger partial charge in [0.05, 0.1) is 0 Å². The van der Waals surface area contributed by atoms with E-state index >= 15 is 0 Å². The van der Waals surface area contributed by atoms with Gasteiger partial charge in [0.2, 0.25) is 0 Å². The fraction of sp³-hybridized carbons (Fsp3) is 0.600. The summed E-state index contributed by atoms with van der Waals surface area (Å²) in [6.07, 6.45) is 3.10. The second-order valence-corrected chi connectivity index (χ2v) is 4.79. The Morgan fingerprint density at radius 2 is 1.94 bits per heavy atom. The minimum Gasteiger partial charge on any atom is -0.396 e. The number of hydrogen-bond donors (Lipinski definition) is 2. The molecule has 2 nitrogen and oxygen atoms in total. The first-order chi connectivity index (χ1) is 8.26. The molecule has 1 rings (SSSR count). The van der Waals surface area contributed by atoms with Crippen LogP contribution >= 0.6 is 0 Å². The molecule has 0 aliphatic rings. The second kappa shape index (κ2) is 8.26. The Balaban J connectivity index is 2.27. The topological polar surface area (TPSA) is 32.3 Å². The van der Waals surface area contributed by atoms with E-state index < -0.39 is 0 Å². The van der Waals surface area contributed by atoms with Gasteiger partial charge in [-0.2, -0.15) is 0 Å². The first kappa shape index (κ1) is 14.2. The van der Waals surface area contributed by atoms with Gasteiger partial charge in [-0.25, -0.2) is 0 Å². The Morgan fingerprint density at radius 3 is 2.53 bits per heavy atom. The van der Waals surface area contributed by atoms with E-state index in [4.69, 9.17) is 5.11 Å². The molecule has 0 spiro atoms. The van der Waals surface area contributed by atoms with Crippen LogP contribution in [0.15, 0.2) is 30.3 Å². The second-order valence-electron chi connectivity index (χ2n) is 4.79. The molecule has 0 aromatic heterocycles. The maximum absolute atomic E-state index is 8.94. The number of aliphatic hydroxyl groups is 1. The van der Waals surface area contributed by atoms with E-state index in [1.807, 2.05) is 0 Å². The van der Waals surface area contributed by atoms with Gasteiger partial charge in [-0.3, -0.25) is 0 Å². The van der Waals surface area contributed by atoms with Gasteiger partial charge in [0, 0.05) is 12.6 Å². The van der Waals surface area contributed by atoms with Gasteiger partial charge in [-0.15, -0.1) is 0 Å². The first-order valence-corrected chi connectivity index (χ1v) is 6.64. The summed E-state index contributed by atoms with van der Waals surface area (Å²) in [6, 6.07) is 11.1. The Morgan fingerprint density at radius 1 is 1.24 bits per heavy atom. The van der Waals surface area contributed by atoms with Gasteiger partial charge >= 0.3 is 0 Å². The molecule has 2 unspecified atom stereocenters. The standard InChI is InChI=1S/C15H25NO/c1-3-14(9-10-17)12-16-13(2)11-15-7-5-4-6-8-15/h4-8,13-14,16-17H,3,9-12H2,1-2H3. The van der Waals surface area contributed by atoms with Crippen LogP contribution in [0.4, 0.5) is 0 Å². The first-order valence-electron chi connectivity index (χ1n) is 6.64. The van der Waals surface area contributed by atoms with Crippen molar-refractivity contribution in [2.45, 2.75) is 39.2 Å². The van der Waals surface area contributed by atoms with Crippen LogP contribution in [0.25, 0.3) is 0 Å². The molecule has 0 bridgehead atoms. The zero-order valence-electron chi connectivity index (χ0n) is 11.0. The number of rotatable bonds is 8.